The average molecular weight is 279 g/mol. The van der Waals surface area contributed by atoms with Crippen LogP contribution in [-0.2, 0) is 0 Å². The van der Waals surface area contributed by atoms with Gasteiger partial charge in [0, 0.05) is 24.4 Å². The number of non-ortho nitro benzene ring substituents is 1. The maximum absolute atomic E-state index is 10.9. The summed E-state index contributed by atoms with van der Waals surface area (Å²) in [6, 6.07) is 4.77. The second-order valence-corrected chi connectivity index (χ2v) is 5.59. The maximum atomic E-state index is 10.9. The molecule has 0 aliphatic carbocycles. The number of benzene rings is 1. The first-order chi connectivity index (χ1) is 9.52. The van der Waals surface area contributed by atoms with Crippen molar-refractivity contribution in [2.75, 3.05) is 32.1 Å². The monoisotopic (exact) mass is 279 g/mol. The van der Waals surface area contributed by atoms with Crippen LogP contribution < -0.4 is 15.4 Å². The van der Waals surface area contributed by atoms with Crippen molar-refractivity contribution < 1.29 is 9.66 Å². The smallest absolute Gasteiger partial charge is 0.275 e. The zero-order valence-electron chi connectivity index (χ0n) is 11.9. The minimum absolute atomic E-state index is 0.0438. The first-order valence-electron chi connectivity index (χ1n) is 6.80. The second-order valence-electron chi connectivity index (χ2n) is 5.59. The van der Waals surface area contributed by atoms with Gasteiger partial charge in [-0.3, -0.25) is 10.1 Å². The number of anilines is 1. The third-order valence-electron chi connectivity index (χ3n) is 3.87. The number of rotatable bonds is 5. The number of nitrogens with one attached hydrogen (secondary N) is 2. The van der Waals surface area contributed by atoms with Crippen molar-refractivity contribution in [3.63, 3.8) is 0 Å². The number of ether oxygens (including phenoxy) is 1. The molecule has 2 rings (SSSR count). The van der Waals surface area contributed by atoms with Crippen LogP contribution in [0.2, 0.25) is 0 Å². The molecule has 1 heterocycles. The molecule has 2 N–H and O–H groups in total. The molecule has 0 radical (unpaired) electrons. The Morgan fingerprint density at radius 2 is 2.10 bits per heavy atom. The number of hydrogen-bond donors (Lipinski definition) is 2. The van der Waals surface area contributed by atoms with Crippen molar-refractivity contribution >= 4 is 11.4 Å². The van der Waals surface area contributed by atoms with Crippen molar-refractivity contribution in [3.05, 3.63) is 28.3 Å². The van der Waals surface area contributed by atoms with E-state index in [-0.39, 0.29) is 11.1 Å². The van der Waals surface area contributed by atoms with Crippen LogP contribution in [0.15, 0.2) is 18.2 Å². The topological polar surface area (TPSA) is 76.4 Å². The van der Waals surface area contributed by atoms with Gasteiger partial charge in [0.05, 0.1) is 18.1 Å². The average Bonchev–Trinajstić information content (AvgIpc) is 2.45. The minimum atomic E-state index is -0.403. The Bertz CT molecular complexity index is 485. The highest BCUT2D eigenvalue weighted by atomic mass is 16.6. The molecule has 1 aliphatic rings. The van der Waals surface area contributed by atoms with Gasteiger partial charge in [-0.15, -0.1) is 0 Å². The lowest BCUT2D eigenvalue weighted by molar-refractivity contribution is -0.384. The van der Waals surface area contributed by atoms with Crippen LogP contribution in [0.25, 0.3) is 0 Å². The van der Waals surface area contributed by atoms with E-state index in [1.165, 1.54) is 13.2 Å². The molecule has 1 saturated heterocycles. The van der Waals surface area contributed by atoms with Crippen LogP contribution in [0, 0.1) is 15.5 Å². The first-order valence-corrected chi connectivity index (χ1v) is 6.80. The van der Waals surface area contributed by atoms with Gasteiger partial charge >= 0.3 is 0 Å². The molecule has 1 fully saturated rings. The lowest BCUT2D eigenvalue weighted by atomic mass is 9.81. The van der Waals surface area contributed by atoms with Crippen molar-refractivity contribution in [1.29, 1.82) is 0 Å². The van der Waals surface area contributed by atoms with Gasteiger partial charge in [-0.05, 0) is 31.3 Å². The summed E-state index contributed by atoms with van der Waals surface area (Å²) in [6.45, 7) is 5.10. The summed E-state index contributed by atoms with van der Waals surface area (Å²) < 4.78 is 5.11. The van der Waals surface area contributed by atoms with E-state index in [9.17, 15) is 10.1 Å². The van der Waals surface area contributed by atoms with Crippen LogP contribution in [-0.4, -0.2) is 31.7 Å². The highest BCUT2D eigenvalue weighted by molar-refractivity contribution is 5.56. The van der Waals surface area contributed by atoms with Crippen LogP contribution >= 0.6 is 0 Å². The number of nitrogens with zero attached hydrogens (tertiary/aromatic N) is 1. The van der Waals surface area contributed by atoms with Gasteiger partial charge in [0.25, 0.3) is 5.69 Å². The summed E-state index contributed by atoms with van der Waals surface area (Å²) in [4.78, 5) is 10.5. The quantitative estimate of drug-likeness (QED) is 0.639. The van der Waals surface area contributed by atoms with Gasteiger partial charge in [-0.2, -0.15) is 0 Å². The Morgan fingerprint density at radius 3 is 2.70 bits per heavy atom. The summed E-state index contributed by atoms with van der Waals surface area (Å²) in [5.74, 6) is 0.497. The third-order valence-corrected chi connectivity index (χ3v) is 3.87. The van der Waals surface area contributed by atoms with E-state index < -0.39 is 4.92 Å². The summed E-state index contributed by atoms with van der Waals surface area (Å²) in [5, 5.41) is 17.6. The Kier molecular flexibility index (Phi) is 4.44. The molecule has 1 aromatic carbocycles. The fraction of sp³-hybridized carbons (Fsp3) is 0.571. The van der Waals surface area contributed by atoms with Gasteiger partial charge in [-0.1, -0.05) is 6.92 Å². The van der Waals surface area contributed by atoms with Gasteiger partial charge < -0.3 is 15.4 Å². The predicted molar refractivity (Wildman–Crippen MR) is 78.3 cm³/mol. The number of nitro benzene ring substituents is 1. The van der Waals surface area contributed by atoms with Gasteiger partial charge in [0.1, 0.15) is 5.75 Å². The fourth-order valence-corrected chi connectivity index (χ4v) is 2.43. The van der Waals surface area contributed by atoms with E-state index >= 15 is 0 Å². The van der Waals surface area contributed by atoms with Crippen LogP contribution in [0.5, 0.6) is 5.75 Å². The zero-order valence-corrected chi connectivity index (χ0v) is 11.9. The highest BCUT2D eigenvalue weighted by Gasteiger charge is 2.26. The molecule has 0 bridgehead atoms. The standard InChI is InChI=1S/C14H21N3O3/c1-14(3-5-15-6-4-14)10-16-11-7-12(17(18)19)9-13(8-11)20-2/h7-9,15-16H,3-6,10H2,1-2H3. The molecule has 20 heavy (non-hydrogen) atoms. The molecular formula is C14H21N3O3. The number of hydrogen-bond acceptors (Lipinski definition) is 5. The minimum Gasteiger partial charge on any atom is -0.496 e. The molecule has 0 spiro atoms. The molecule has 6 nitrogen and oxygen atoms in total. The Balaban J connectivity index is 2.08. The van der Waals surface area contributed by atoms with E-state index in [0.29, 0.717) is 5.75 Å². The number of nitro groups is 1. The van der Waals surface area contributed by atoms with Crippen molar-refractivity contribution in [3.8, 4) is 5.75 Å². The molecule has 0 unspecified atom stereocenters. The van der Waals surface area contributed by atoms with Gasteiger partial charge in [0.2, 0.25) is 0 Å². The van der Waals surface area contributed by atoms with Crippen LogP contribution in [0.4, 0.5) is 11.4 Å². The van der Waals surface area contributed by atoms with E-state index in [0.717, 1.165) is 38.2 Å². The largest absolute Gasteiger partial charge is 0.496 e. The predicted octanol–water partition coefficient (Wildman–Crippen LogP) is 2.41. The maximum Gasteiger partial charge on any atom is 0.275 e. The van der Waals surface area contributed by atoms with E-state index in [2.05, 4.69) is 17.6 Å². The lowest BCUT2D eigenvalue weighted by Gasteiger charge is -2.34. The normalized spacial score (nSPS) is 17.5. The molecule has 0 aromatic heterocycles. The Labute approximate surface area is 118 Å². The number of piperidine rings is 1. The summed E-state index contributed by atoms with van der Waals surface area (Å²) in [6.07, 6.45) is 2.21. The lowest BCUT2D eigenvalue weighted by Crippen LogP contribution is -2.39. The summed E-state index contributed by atoms with van der Waals surface area (Å²) in [7, 11) is 1.51. The molecular weight excluding hydrogens is 258 g/mol. The number of methoxy groups -OCH3 is 1. The van der Waals surface area contributed by atoms with Crippen molar-refractivity contribution in [2.24, 2.45) is 5.41 Å². The summed E-state index contributed by atoms with van der Waals surface area (Å²) >= 11 is 0. The van der Waals surface area contributed by atoms with Crippen LogP contribution in [0.3, 0.4) is 0 Å². The summed E-state index contributed by atoms with van der Waals surface area (Å²) in [5.41, 5.74) is 1.00. The molecule has 1 aromatic rings. The Morgan fingerprint density at radius 1 is 1.40 bits per heavy atom. The van der Waals surface area contributed by atoms with Gasteiger partial charge in [-0.25, -0.2) is 0 Å². The van der Waals surface area contributed by atoms with E-state index in [4.69, 9.17) is 4.74 Å². The molecule has 1 aliphatic heterocycles. The SMILES string of the molecule is COc1cc(NCC2(C)CCNCC2)cc([N+](=O)[O-])c1. The zero-order chi connectivity index (χ0) is 14.6. The second kappa shape index (κ2) is 6.09. The van der Waals surface area contributed by atoms with Crippen LogP contribution in [0.1, 0.15) is 19.8 Å². The molecule has 0 atom stereocenters. The third kappa shape index (κ3) is 3.60. The van der Waals surface area contributed by atoms with Crippen molar-refractivity contribution in [1.82, 2.24) is 5.32 Å². The Hall–Kier alpha value is -1.82. The van der Waals surface area contributed by atoms with E-state index in [1.54, 1.807) is 12.1 Å². The molecule has 6 heteroatoms. The van der Waals surface area contributed by atoms with E-state index in [1.807, 2.05) is 0 Å². The van der Waals surface area contributed by atoms with Gasteiger partial charge in [0.15, 0.2) is 0 Å². The fourth-order valence-electron chi connectivity index (χ4n) is 2.43. The molecule has 110 valence electrons. The molecule has 0 saturated carbocycles. The van der Waals surface area contributed by atoms with Crippen molar-refractivity contribution in [2.45, 2.75) is 19.8 Å². The first kappa shape index (κ1) is 14.6. The highest BCUT2D eigenvalue weighted by Crippen LogP contribution is 2.30. The molecule has 0 amide bonds.